The molecule has 0 saturated carbocycles. The SMILES string of the molecule is CCC(C)C(NC(=O)COc1ccccc1)C(=O)N1CCN(C(=O)NC(C)C)C(C)C1. The zero-order chi connectivity index (χ0) is 23.0. The summed E-state index contributed by atoms with van der Waals surface area (Å²) < 4.78 is 5.51. The zero-order valence-electron chi connectivity index (χ0n) is 19.3. The maximum absolute atomic E-state index is 13.3. The van der Waals surface area contributed by atoms with Gasteiger partial charge in [-0.1, -0.05) is 38.5 Å². The number of hydrogen-bond donors (Lipinski definition) is 2. The quantitative estimate of drug-likeness (QED) is 0.659. The molecule has 0 aromatic heterocycles. The summed E-state index contributed by atoms with van der Waals surface area (Å²) in [6.45, 7) is 10.9. The molecule has 31 heavy (non-hydrogen) atoms. The summed E-state index contributed by atoms with van der Waals surface area (Å²) >= 11 is 0. The molecule has 3 unspecified atom stereocenters. The van der Waals surface area contributed by atoms with Crippen LogP contribution in [0.4, 0.5) is 4.79 Å². The van der Waals surface area contributed by atoms with E-state index in [1.807, 2.05) is 52.8 Å². The number of amides is 4. The van der Waals surface area contributed by atoms with Gasteiger partial charge in [-0.3, -0.25) is 9.59 Å². The summed E-state index contributed by atoms with van der Waals surface area (Å²) in [4.78, 5) is 41.6. The van der Waals surface area contributed by atoms with E-state index in [1.54, 1.807) is 21.9 Å². The number of nitrogens with zero attached hydrogens (tertiary/aromatic N) is 2. The highest BCUT2D eigenvalue weighted by Crippen LogP contribution is 2.16. The van der Waals surface area contributed by atoms with Crippen molar-refractivity contribution < 1.29 is 19.1 Å². The average molecular weight is 433 g/mol. The highest BCUT2D eigenvalue weighted by Gasteiger charge is 2.35. The highest BCUT2D eigenvalue weighted by molar-refractivity contribution is 5.88. The molecule has 1 aliphatic heterocycles. The molecule has 2 N–H and O–H groups in total. The third-order valence-electron chi connectivity index (χ3n) is 5.52. The van der Waals surface area contributed by atoms with Gasteiger partial charge in [0.15, 0.2) is 6.61 Å². The number of para-hydroxylation sites is 1. The van der Waals surface area contributed by atoms with Crippen molar-refractivity contribution in [3.63, 3.8) is 0 Å². The van der Waals surface area contributed by atoms with Crippen molar-refractivity contribution in [1.82, 2.24) is 20.4 Å². The first-order valence-corrected chi connectivity index (χ1v) is 11.1. The first kappa shape index (κ1) is 24.5. The van der Waals surface area contributed by atoms with Crippen LogP contribution in [-0.2, 0) is 9.59 Å². The highest BCUT2D eigenvalue weighted by atomic mass is 16.5. The summed E-state index contributed by atoms with van der Waals surface area (Å²) in [5.74, 6) is 0.142. The molecule has 4 amide bonds. The van der Waals surface area contributed by atoms with Crippen LogP contribution in [0, 0.1) is 5.92 Å². The molecule has 2 rings (SSSR count). The zero-order valence-corrected chi connectivity index (χ0v) is 19.3. The van der Waals surface area contributed by atoms with Crippen LogP contribution in [0.1, 0.15) is 41.0 Å². The molecule has 0 aliphatic carbocycles. The smallest absolute Gasteiger partial charge is 0.317 e. The first-order chi connectivity index (χ1) is 14.7. The van der Waals surface area contributed by atoms with Crippen molar-refractivity contribution in [2.45, 2.75) is 59.2 Å². The van der Waals surface area contributed by atoms with Crippen molar-refractivity contribution in [3.8, 4) is 5.75 Å². The van der Waals surface area contributed by atoms with E-state index in [4.69, 9.17) is 4.74 Å². The molecule has 3 atom stereocenters. The number of carbonyl (C=O) groups excluding carboxylic acids is 3. The fourth-order valence-electron chi connectivity index (χ4n) is 3.55. The lowest BCUT2D eigenvalue weighted by molar-refractivity contribution is -0.140. The van der Waals surface area contributed by atoms with Gasteiger partial charge in [-0.25, -0.2) is 4.79 Å². The van der Waals surface area contributed by atoms with Crippen LogP contribution in [-0.4, -0.2) is 72.0 Å². The largest absolute Gasteiger partial charge is 0.484 e. The van der Waals surface area contributed by atoms with Crippen molar-refractivity contribution in [3.05, 3.63) is 30.3 Å². The topological polar surface area (TPSA) is 91.0 Å². The Morgan fingerprint density at radius 2 is 1.77 bits per heavy atom. The maximum atomic E-state index is 13.3. The van der Waals surface area contributed by atoms with Crippen molar-refractivity contribution in [1.29, 1.82) is 0 Å². The number of rotatable bonds is 8. The summed E-state index contributed by atoms with van der Waals surface area (Å²) in [5.41, 5.74) is 0. The van der Waals surface area contributed by atoms with E-state index in [2.05, 4.69) is 10.6 Å². The van der Waals surface area contributed by atoms with Gasteiger partial charge in [0, 0.05) is 31.7 Å². The summed E-state index contributed by atoms with van der Waals surface area (Å²) in [6, 6.07) is 8.31. The van der Waals surface area contributed by atoms with Gasteiger partial charge in [-0.15, -0.1) is 0 Å². The third kappa shape index (κ3) is 7.15. The lowest BCUT2D eigenvalue weighted by Gasteiger charge is -2.41. The Hall–Kier alpha value is -2.77. The molecule has 0 bridgehead atoms. The minimum absolute atomic E-state index is 0.0225. The third-order valence-corrected chi connectivity index (χ3v) is 5.52. The van der Waals surface area contributed by atoms with Crippen LogP contribution in [0.3, 0.4) is 0 Å². The maximum Gasteiger partial charge on any atom is 0.317 e. The van der Waals surface area contributed by atoms with Gasteiger partial charge < -0.3 is 25.2 Å². The number of urea groups is 1. The molecule has 8 nitrogen and oxygen atoms in total. The van der Waals surface area contributed by atoms with Gasteiger partial charge in [-0.05, 0) is 38.8 Å². The van der Waals surface area contributed by atoms with E-state index >= 15 is 0 Å². The van der Waals surface area contributed by atoms with Crippen LogP contribution < -0.4 is 15.4 Å². The molecule has 1 saturated heterocycles. The molecule has 1 aromatic rings. The Morgan fingerprint density at radius 3 is 2.35 bits per heavy atom. The number of piperazine rings is 1. The first-order valence-electron chi connectivity index (χ1n) is 11.1. The fourth-order valence-corrected chi connectivity index (χ4v) is 3.55. The molecule has 1 fully saturated rings. The Bertz CT molecular complexity index is 740. The number of benzene rings is 1. The van der Waals surface area contributed by atoms with Gasteiger partial charge >= 0.3 is 6.03 Å². The van der Waals surface area contributed by atoms with Crippen LogP contribution in [0.25, 0.3) is 0 Å². The Labute approximate surface area is 185 Å². The van der Waals surface area contributed by atoms with Crippen molar-refractivity contribution >= 4 is 17.8 Å². The van der Waals surface area contributed by atoms with Gasteiger partial charge in [0.25, 0.3) is 5.91 Å². The monoisotopic (exact) mass is 432 g/mol. The predicted octanol–water partition coefficient (Wildman–Crippen LogP) is 2.25. The molecule has 0 spiro atoms. The minimum Gasteiger partial charge on any atom is -0.484 e. The van der Waals surface area contributed by atoms with Crippen LogP contribution in [0.2, 0.25) is 0 Å². The molecule has 172 valence electrons. The van der Waals surface area contributed by atoms with E-state index in [1.165, 1.54) is 0 Å². The fraction of sp³-hybridized carbons (Fsp3) is 0.609. The molecule has 1 heterocycles. The van der Waals surface area contributed by atoms with Crippen LogP contribution in [0.15, 0.2) is 30.3 Å². The second-order valence-electron chi connectivity index (χ2n) is 8.46. The Kier molecular flexibility index (Phi) is 9.15. The number of carbonyl (C=O) groups is 3. The second kappa shape index (κ2) is 11.6. The second-order valence-corrected chi connectivity index (χ2v) is 8.46. The van der Waals surface area contributed by atoms with E-state index in [0.29, 0.717) is 25.4 Å². The van der Waals surface area contributed by atoms with E-state index in [9.17, 15) is 14.4 Å². The number of hydrogen-bond acceptors (Lipinski definition) is 4. The molecular formula is C23H36N4O4. The minimum atomic E-state index is -0.625. The number of nitrogens with one attached hydrogen (secondary N) is 2. The Balaban J connectivity index is 1.96. The standard InChI is InChI=1S/C23H36N4O4/c1-6-17(4)21(25-20(28)15-31-19-10-8-7-9-11-19)22(29)26-12-13-27(18(5)14-26)23(30)24-16(2)3/h7-11,16-18,21H,6,12-15H2,1-5H3,(H,24,30)(H,25,28). The van der Waals surface area contributed by atoms with E-state index < -0.39 is 6.04 Å². The normalized spacial score (nSPS) is 18.3. The van der Waals surface area contributed by atoms with E-state index in [-0.39, 0.29) is 42.5 Å². The summed E-state index contributed by atoms with van der Waals surface area (Å²) in [6.07, 6.45) is 0.753. The average Bonchev–Trinajstić information content (AvgIpc) is 2.75. The molecule has 8 heteroatoms. The molecule has 1 aliphatic rings. The van der Waals surface area contributed by atoms with E-state index in [0.717, 1.165) is 6.42 Å². The molecule has 1 aromatic carbocycles. The number of ether oxygens (including phenoxy) is 1. The summed E-state index contributed by atoms with van der Waals surface area (Å²) in [5, 5.41) is 5.77. The van der Waals surface area contributed by atoms with Gasteiger partial charge in [0.1, 0.15) is 11.8 Å². The lowest BCUT2D eigenvalue weighted by Crippen LogP contribution is -2.61. The van der Waals surface area contributed by atoms with Crippen molar-refractivity contribution in [2.75, 3.05) is 26.2 Å². The van der Waals surface area contributed by atoms with Gasteiger partial charge in [0.2, 0.25) is 5.91 Å². The van der Waals surface area contributed by atoms with Crippen LogP contribution in [0.5, 0.6) is 5.75 Å². The van der Waals surface area contributed by atoms with Crippen molar-refractivity contribution in [2.24, 2.45) is 5.92 Å². The Morgan fingerprint density at radius 1 is 1.10 bits per heavy atom. The van der Waals surface area contributed by atoms with Gasteiger partial charge in [-0.2, -0.15) is 0 Å². The van der Waals surface area contributed by atoms with Gasteiger partial charge in [0.05, 0.1) is 0 Å². The summed E-state index contributed by atoms with van der Waals surface area (Å²) in [7, 11) is 0. The predicted molar refractivity (Wildman–Crippen MR) is 120 cm³/mol. The molecule has 0 radical (unpaired) electrons. The lowest BCUT2D eigenvalue weighted by atomic mass is 9.97. The molecular weight excluding hydrogens is 396 g/mol. The van der Waals surface area contributed by atoms with Crippen LogP contribution >= 0.6 is 0 Å².